The average molecular weight is 542 g/mol. The highest BCUT2D eigenvalue weighted by Gasteiger charge is 2.23. The molecule has 0 saturated heterocycles. The summed E-state index contributed by atoms with van der Waals surface area (Å²) in [6.07, 6.45) is 9.38. The summed E-state index contributed by atoms with van der Waals surface area (Å²) in [6.45, 7) is 18.2. The largest absolute Gasteiger partial charge is 0.356 e. The van der Waals surface area contributed by atoms with E-state index in [0.717, 1.165) is 11.4 Å². The molecule has 0 heterocycles. The molecule has 1 nitrogen and oxygen atoms in total. The van der Waals surface area contributed by atoms with E-state index in [-0.39, 0.29) is 21.7 Å². The second-order valence-electron chi connectivity index (χ2n) is 13.6. The predicted molar refractivity (Wildman–Crippen MR) is 179 cm³/mol. The van der Waals surface area contributed by atoms with E-state index in [1.54, 1.807) is 0 Å². The van der Waals surface area contributed by atoms with E-state index < -0.39 is 0 Å². The van der Waals surface area contributed by atoms with Crippen molar-refractivity contribution in [3.63, 3.8) is 0 Å². The molecule has 4 aromatic rings. The number of benzene rings is 4. The maximum absolute atomic E-state index is 3.58. The molecule has 0 aromatic heterocycles. The van der Waals surface area contributed by atoms with Crippen LogP contribution in [0.25, 0.3) is 0 Å². The van der Waals surface area contributed by atoms with Gasteiger partial charge in [0.2, 0.25) is 0 Å². The summed E-state index contributed by atoms with van der Waals surface area (Å²) in [7, 11) is 0. The Bertz CT molecular complexity index is 1330. The van der Waals surface area contributed by atoms with Gasteiger partial charge in [0.15, 0.2) is 0 Å². The maximum atomic E-state index is 3.58. The minimum Gasteiger partial charge on any atom is -0.356 e. The summed E-state index contributed by atoms with van der Waals surface area (Å²) < 4.78 is 0. The monoisotopic (exact) mass is 541 g/mol. The lowest BCUT2D eigenvalue weighted by atomic mass is 9.78. The van der Waals surface area contributed by atoms with Gasteiger partial charge in [0.25, 0.3) is 0 Å². The van der Waals surface area contributed by atoms with E-state index in [1.807, 2.05) is 0 Å². The first-order valence-electron chi connectivity index (χ1n) is 14.8. The highest BCUT2D eigenvalue weighted by Crippen LogP contribution is 2.33. The van der Waals surface area contributed by atoms with Crippen molar-refractivity contribution in [2.45, 2.75) is 77.0 Å². The fraction of sp³-hybridized carbons (Fsp3) is 0.300. The molecule has 212 valence electrons. The molecule has 0 amide bonds. The minimum atomic E-state index is -0.0690. The first kappa shape index (κ1) is 30.1. The molecule has 4 rings (SSSR count). The first-order valence-corrected chi connectivity index (χ1v) is 14.8. The molecule has 0 unspecified atom stereocenters. The Hall–Kier alpha value is -3.84. The van der Waals surface area contributed by atoms with Crippen molar-refractivity contribution in [1.82, 2.24) is 0 Å². The number of hydrogen-bond donors (Lipinski definition) is 1. The van der Waals surface area contributed by atoms with Gasteiger partial charge >= 0.3 is 0 Å². The lowest BCUT2D eigenvalue weighted by molar-refractivity contribution is 0.626. The van der Waals surface area contributed by atoms with E-state index in [2.05, 4.69) is 194 Å². The van der Waals surface area contributed by atoms with Crippen LogP contribution in [0.2, 0.25) is 0 Å². The molecule has 0 bridgehead atoms. The Morgan fingerprint density at radius 3 is 0.854 bits per heavy atom. The van der Waals surface area contributed by atoms with Crippen LogP contribution in [0.15, 0.2) is 133 Å². The van der Waals surface area contributed by atoms with Gasteiger partial charge in [0, 0.05) is 33.0 Å². The third-order valence-corrected chi connectivity index (χ3v) is 8.42. The SMILES string of the molecule is CC(C)(/C=C/C(C)(C)c1ccc(Nc2ccc(C(C)(C)/C=C/C(C)(C)c3ccccc3)cc2)cc1)c1ccccc1. The molecule has 0 saturated carbocycles. The summed E-state index contributed by atoms with van der Waals surface area (Å²) in [5.74, 6) is 0. The van der Waals surface area contributed by atoms with Gasteiger partial charge in [0.05, 0.1) is 0 Å². The fourth-order valence-corrected chi connectivity index (χ4v) is 5.09. The Morgan fingerprint density at radius 1 is 0.341 bits per heavy atom. The third kappa shape index (κ3) is 7.67. The smallest absolute Gasteiger partial charge is 0.0384 e. The number of hydrogen-bond acceptors (Lipinski definition) is 1. The van der Waals surface area contributed by atoms with Gasteiger partial charge in [-0.05, 0) is 46.5 Å². The molecule has 0 fully saturated rings. The standard InChI is InChI=1S/C40H47N/c1-37(2,31-15-11-9-12-16-31)27-29-39(5,6)33-19-23-35(24-20-33)41-36-25-21-34(22-26-36)40(7,8)30-28-38(3,4)32-17-13-10-14-18-32/h9-30,41H,1-8H3/b29-27+,30-28+. The minimum absolute atomic E-state index is 0.0192. The fourth-order valence-electron chi connectivity index (χ4n) is 5.09. The van der Waals surface area contributed by atoms with Gasteiger partial charge < -0.3 is 5.32 Å². The Kier molecular flexibility index (Phi) is 8.78. The lowest BCUT2D eigenvalue weighted by Crippen LogP contribution is -2.18. The van der Waals surface area contributed by atoms with Crippen LogP contribution in [-0.4, -0.2) is 0 Å². The molecule has 4 aromatic carbocycles. The van der Waals surface area contributed by atoms with Crippen LogP contribution in [-0.2, 0) is 21.7 Å². The number of nitrogens with one attached hydrogen (secondary N) is 1. The Labute approximate surface area is 249 Å². The Morgan fingerprint density at radius 2 is 0.585 bits per heavy atom. The summed E-state index contributed by atoms with van der Waals surface area (Å²) in [5.41, 5.74) is 7.26. The maximum Gasteiger partial charge on any atom is 0.0384 e. The van der Waals surface area contributed by atoms with Crippen LogP contribution in [0.1, 0.15) is 77.6 Å². The van der Waals surface area contributed by atoms with Crippen molar-refractivity contribution in [2.75, 3.05) is 5.32 Å². The van der Waals surface area contributed by atoms with Crippen molar-refractivity contribution >= 4 is 11.4 Å². The van der Waals surface area contributed by atoms with Crippen molar-refractivity contribution in [3.05, 3.63) is 156 Å². The van der Waals surface area contributed by atoms with Gasteiger partial charge in [-0.15, -0.1) is 0 Å². The van der Waals surface area contributed by atoms with Crippen molar-refractivity contribution in [3.8, 4) is 0 Å². The summed E-state index contributed by atoms with van der Waals surface area (Å²) in [6, 6.07) is 39.1. The topological polar surface area (TPSA) is 12.0 Å². The molecule has 1 N–H and O–H groups in total. The van der Waals surface area contributed by atoms with Crippen LogP contribution in [0.3, 0.4) is 0 Å². The van der Waals surface area contributed by atoms with Crippen molar-refractivity contribution in [2.24, 2.45) is 0 Å². The number of rotatable bonds is 10. The summed E-state index contributed by atoms with van der Waals surface area (Å²) in [5, 5.41) is 3.58. The number of allylic oxidation sites excluding steroid dienone is 4. The predicted octanol–water partition coefficient (Wildman–Crippen LogP) is 11.1. The molecule has 0 spiro atoms. The van der Waals surface area contributed by atoms with Crippen LogP contribution in [0.5, 0.6) is 0 Å². The highest BCUT2D eigenvalue weighted by molar-refractivity contribution is 5.61. The second-order valence-corrected chi connectivity index (χ2v) is 13.6. The van der Waals surface area contributed by atoms with Gasteiger partial charge in [-0.3, -0.25) is 0 Å². The number of anilines is 2. The molecular formula is C40H47N. The third-order valence-electron chi connectivity index (χ3n) is 8.42. The van der Waals surface area contributed by atoms with Gasteiger partial charge in [0.1, 0.15) is 0 Å². The molecule has 0 atom stereocenters. The summed E-state index contributed by atoms with van der Waals surface area (Å²) in [4.78, 5) is 0. The lowest BCUT2D eigenvalue weighted by Gasteiger charge is -2.26. The molecule has 0 aliphatic rings. The molecule has 41 heavy (non-hydrogen) atoms. The second kappa shape index (κ2) is 12.0. The van der Waals surface area contributed by atoms with Crippen LogP contribution in [0, 0.1) is 0 Å². The first-order chi connectivity index (χ1) is 19.3. The molecular weight excluding hydrogens is 494 g/mol. The zero-order valence-corrected chi connectivity index (χ0v) is 26.2. The molecule has 0 radical (unpaired) electrons. The normalized spacial score (nSPS) is 13.2. The van der Waals surface area contributed by atoms with Gasteiger partial charge in [-0.1, -0.05) is 165 Å². The van der Waals surface area contributed by atoms with E-state index >= 15 is 0 Å². The zero-order valence-electron chi connectivity index (χ0n) is 26.2. The summed E-state index contributed by atoms with van der Waals surface area (Å²) >= 11 is 0. The van der Waals surface area contributed by atoms with Crippen LogP contribution < -0.4 is 5.32 Å². The molecule has 0 aliphatic heterocycles. The zero-order chi connectivity index (χ0) is 29.7. The quantitative estimate of drug-likeness (QED) is 0.197. The molecule has 1 heteroatoms. The van der Waals surface area contributed by atoms with Crippen molar-refractivity contribution < 1.29 is 0 Å². The van der Waals surface area contributed by atoms with E-state index in [0.29, 0.717) is 0 Å². The Balaban J connectivity index is 1.41. The van der Waals surface area contributed by atoms with Gasteiger partial charge in [-0.25, -0.2) is 0 Å². The van der Waals surface area contributed by atoms with E-state index in [4.69, 9.17) is 0 Å². The molecule has 0 aliphatic carbocycles. The van der Waals surface area contributed by atoms with E-state index in [9.17, 15) is 0 Å². The van der Waals surface area contributed by atoms with Gasteiger partial charge in [-0.2, -0.15) is 0 Å². The van der Waals surface area contributed by atoms with E-state index in [1.165, 1.54) is 22.3 Å². The van der Waals surface area contributed by atoms with Crippen LogP contribution in [0.4, 0.5) is 11.4 Å². The highest BCUT2D eigenvalue weighted by atomic mass is 14.9. The average Bonchev–Trinajstić information content (AvgIpc) is 2.97. The van der Waals surface area contributed by atoms with Crippen LogP contribution >= 0.6 is 0 Å². The van der Waals surface area contributed by atoms with Crippen molar-refractivity contribution in [1.29, 1.82) is 0 Å².